The monoisotopic (exact) mass is 408 g/mol. The fourth-order valence-electron chi connectivity index (χ4n) is 1.23. The normalized spacial score (nSPS) is 17.5. The van der Waals surface area contributed by atoms with Crippen LogP contribution in [-0.2, 0) is 9.84 Å². The van der Waals surface area contributed by atoms with Gasteiger partial charge in [0, 0.05) is 5.02 Å². The largest absolute Gasteiger partial charge is 0.385 e. The molecule has 1 aromatic rings. The van der Waals surface area contributed by atoms with Crippen LogP contribution in [-0.4, -0.2) is 21.5 Å². The van der Waals surface area contributed by atoms with Gasteiger partial charge in [0.1, 0.15) is 6.10 Å². The van der Waals surface area contributed by atoms with E-state index >= 15 is 0 Å². The van der Waals surface area contributed by atoms with E-state index in [1.165, 1.54) is 13.0 Å². The molecule has 1 rings (SSSR count). The van der Waals surface area contributed by atoms with Crippen LogP contribution in [0.5, 0.6) is 0 Å². The SMILES string of the molecule is CCS(=O)(=O)[C@@](Cl)(I)[C@H](O)c1cccc(Cl)c1. The molecule has 3 nitrogen and oxygen atoms in total. The third-order valence-electron chi connectivity index (χ3n) is 2.28. The predicted octanol–water partition coefficient (Wildman–Crippen LogP) is 3.14. The van der Waals surface area contributed by atoms with E-state index in [1.807, 2.05) is 0 Å². The van der Waals surface area contributed by atoms with Crippen LogP contribution in [0, 0.1) is 0 Å². The molecule has 0 radical (unpaired) electrons. The van der Waals surface area contributed by atoms with E-state index in [2.05, 4.69) is 0 Å². The van der Waals surface area contributed by atoms with Crippen molar-refractivity contribution in [2.75, 3.05) is 5.75 Å². The molecular formula is C10H11Cl2IO3S. The van der Waals surface area contributed by atoms with Crippen molar-refractivity contribution < 1.29 is 13.5 Å². The van der Waals surface area contributed by atoms with E-state index in [0.29, 0.717) is 10.6 Å². The summed E-state index contributed by atoms with van der Waals surface area (Å²) >= 11 is 13.3. The number of aliphatic hydroxyl groups is 1. The molecular weight excluding hydrogens is 398 g/mol. The van der Waals surface area contributed by atoms with Gasteiger partial charge in [-0.1, -0.05) is 42.3 Å². The number of sulfone groups is 1. The van der Waals surface area contributed by atoms with Gasteiger partial charge in [-0.05, 0) is 40.3 Å². The number of hydrogen-bond donors (Lipinski definition) is 1. The van der Waals surface area contributed by atoms with Crippen LogP contribution >= 0.6 is 45.8 Å². The number of alkyl halides is 2. The molecule has 0 aliphatic heterocycles. The summed E-state index contributed by atoms with van der Waals surface area (Å²) in [6.07, 6.45) is -1.34. The maximum Gasteiger partial charge on any atom is 0.225 e. The lowest BCUT2D eigenvalue weighted by atomic mass is 10.1. The van der Waals surface area contributed by atoms with Crippen molar-refractivity contribution in [1.82, 2.24) is 0 Å². The average molecular weight is 409 g/mol. The Bertz CT molecular complexity index is 502. The average Bonchev–Trinajstić information content (AvgIpc) is 2.27. The van der Waals surface area contributed by atoms with Gasteiger partial charge >= 0.3 is 0 Å². The van der Waals surface area contributed by atoms with Crippen molar-refractivity contribution in [1.29, 1.82) is 0 Å². The molecule has 0 spiro atoms. The maximum absolute atomic E-state index is 11.8. The quantitative estimate of drug-likeness (QED) is 0.615. The fraction of sp³-hybridized carbons (Fsp3) is 0.400. The lowest BCUT2D eigenvalue weighted by Gasteiger charge is -2.26. The summed E-state index contributed by atoms with van der Waals surface area (Å²) in [5.41, 5.74) is 0.374. The van der Waals surface area contributed by atoms with Crippen LogP contribution < -0.4 is 0 Å². The van der Waals surface area contributed by atoms with E-state index in [4.69, 9.17) is 23.2 Å². The van der Waals surface area contributed by atoms with E-state index in [-0.39, 0.29) is 5.75 Å². The Balaban J connectivity index is 3.17. The predicted molar refractivity (Wildman–Crippen MR) is 78.5 cm³/mol. The van der Waals surface area contributed by atoms with Crippen molar-refractivity contribution in [2.45, 2.75) is 15.2 Å². The van der Waals surface area contributed by atoms with Gasteiger partial charge in [0.25, 0.3) is 0 Å². The molecule has 0 heterocycles. The third kappa shape index (κ3) is 3.26. The lowest BCUT2D eigenvalue weighted by molar-refractivity contribution is 0.187. The van der Waals surface area contributed by atoms with Crippen LogP contribution in [0.3, 0.4) is 0 Å². The molecule has 0 aliphatic rings. The van der Waals surface area contributed by atoms with Crippen molar-refractivity contribution in [2.24, 2.45) is 0 Å². The molecule has 17 heavy (non-hydrogen) atoms. The second kappa shape index (κ2) is 5.61. The van der Waals surface area contributed by atoms with E-state index in [1.54, 1.807) is 40.8 Å². The Morgan fingerprint density at radius 3 is 2.59 bits per heavy atom. The van der Waals surface area contributed by atoms with Gasteiger partial charge in [-0.3, -0.25) is 0 Å². The van der Waals surface area contributed by atoms with Crippen LogP contribution in [0.2, 0.25) is 5.02 Å². The van der Waals surface area contributed by atoms with Gasteiger partial charge < -0.3 is 5.11 Å². The van der Waals surface area contributed by atoms with Gasteiger partial charge in [0.05, 0.1) is 5.75 Å². The highest BCUT2D eigenvalue weighted by Gasteiger charge is 2.45. The van der Waals surface area contributed by atoms with E-state index in [0.717, 1.165) is 0 Å². The van der Waals surface area contributed by atoms with Crippen LogP contribution in [0.1, 0.15) is 18.6 Å². The summed E-state index contributed by atoms with van der Waals surface area (Å²) in [4.78, 5) is 0. The first kappa shape index (κ1) is 15.5. The summed E-state index contributed by atoms with van der Waals surface area (Å²) in [5.74, 6) is -0.142. The first-order valence-corrected chi connectivity index (χ1v) is 8.24. The standard InChI is InChI=1S/C10H11Cl2IO3S/c1-2-17(15,16)10(12,13)9(14)7-4-3-5-8(11)6-7/h3-6,9,14H,2H2,1H3/t9-,10+/m1/s1. The fourth-order valence-corrected chi connectivity index (χ4v) is 4.04. The second-order valence-electron chi connectivity index (χ2n) is 3.42. The summed E-state index contributed by atoms with van der Waals surface area (Å²) < 4.78 is 21.8. The van der Waals surface area contributed by atoms with Crippen LogP contribution in [0.25, 0.3) is 0 Å². The van der Waals surface area contributed by atoms with Crippen LogP contribution in [0.15, 0.2) is 24.3 Å². The van der Waals surface area contributed by atoms with Crippen molar-refractivity contribution in [3.8, 4) is 0 Å². The van der Waals surface area contributed by atoms with Gasteiger partial charge in [-0.25, -0.2) is 8.42 Å². The Morgan fingerprint density at radius 1 is 1.53 bits per heavy atom. The summed E-state index contributed by atoms with van der Waals surface area (Å²) in [7, 11) is -3.60. The van der Waals surface area contributed by atoms with E-state index in [9.17, 15) is 13.5 Å². The Labute approximate surface area is 124 Å². The van der Waals surface area contributed by atoms with Gasteiger partial charge in [0.2, 0.25) is 2.21 Å². The molecule has 0 fully saturated rings. The minimum Gasteiger partial charge on any atom is -0.385 e. The number of halogens is 3. The maximum atomic E-state index is 11.8. The van der Waals surface area contributed by atoms with Gasteiger partial charge in [-0.15, -0.1) is 0 Å². The molecule has 0 bridgehead atoms. The third-order valence-corrected chi connectivity index (χ3v) is 7.84. The van der Waals surface area contributed by atoms with Crippen molar-refractivity contribution >= 4 is 55.6 Å². The first-order chi connectivity index (χ1) is 7.72. The highest BCUT2D eigenvalue weighted by Crippen LogP contribution is 2.43. The molecule has 0 saturated carbocycles. The lowest BCUT2D eigenvalue weighted by Crippen LogP contribution is -2.34. The zero-order valence-corrected chi connectivity index (χ0v) is 13.4. The molecule has 0 aliphatic carbocycles. The topological polar surface area (TPSA) is 54.4 Å². The smallest absolute Gasteiger partial charge is 0.225 e. The molecule has 2 atom stereocenters. The van der Waals surface area contributed by atoms with Crippen molar-refractivity contribution in [3.63, 3.8) is 0 Å². The van der Waals surface area contributed by atoms with Crippen LogP contribution in [0.4, 0.5) is 0 Å². The zero-order chi connectivity index (χ0) is 13.3. The molecule has 0 unspecified atom stereocenters. The Morgan fingerprint density at radius 2 is 2.12 bits per heavy atom. The summed E-state index contributed by atoms with van der Waals surface area (Å²) in [6.45, 7) is 1.48. The second-order valence-corrected chi connectivity index (χ2v) is 10.2. The summed E-state index contributed by atoms with van der Waals surface area (Å²) in [6, 6.07) is 6.34. The zero-order valence-electron chi connectivity index (χ0n) is 8.90. The first-order valence-electron chi connectivity index (χ1n) is 4.76. The number of rotatable bonds is 4. The molecule has 7 heteroatoms. The molecule has 96 valence electrons. The molecule has 0 saturated heterocycles. The molecule has 1 N–H and O–H groups in total. The number of hydrogen-bond acceptors (Lipinski definition) is 3. The Kier molecular flexibility index (Phi) is 5.11. The van der Waals surface area contributed by atoms with Crippen molar-refractivity contribution in [3.05, 3.63) is 34.9 Å². The number of benzene rings is 1. The minimum atomic E-state index is -3.60. The molecule has 0 aromatic heterocycles. The Hall–Kier alpha value is 0.440. The van der Waals surface area contributed by atoms with Gasteiger partial charge in [-0.2, -0.15) is 0 Å². The highest BCUT2D eigenvalue weighted by atomic mass is 127. The summed E-state index contributed by atoms with van der Waals surface area (Å²) in [5, 5.41) is 10.5. The number of aliphatic hydroxyl groups excluding tert-OH is 1. The molecule has 1 aromatic carbocycles. The van der Waals surface area contributed by atoms with Gasteiger partial charge in [0.15, 0.2) is 9.84 Å². The molecule has 0 amide bonds. The highest BCUT2D eigenvalue weighted by molar-refractivity contribution is 14.1. The van der Waals surface area contributed by atoms with E-state index < -0.39 is 18.2 Å². The minimum absolute atomic E-state index is 0.142.